The molecule has 1 aromatic heterocycles. The van der Waals surface area contributed by atoms with Crippen LogP contribution in [0.3, 0.4) is 0 Å². The van der Waals surface area contributed by atoms with E-state index in [0.29, 0.717) is 29.2 Å². The highest BCUT2D eigenvalue weighted by atomic mass is 35.5. The number of anilines is 1. The number of hydrogen-bond acceptors (Lipinski definition) is 4. The van der Waals surface area contributed by atoms with Gasteiger partial charge < -0.3 is 15.4 Å². The molecule has 2 amide bonds. The number of carbonyl (C=O) groups is 2. The van der Waals surface area contributed by atoms with Gasteiger partial charge in [-0.05, 0) is 49.4 Å². The predicted molar refractivity (Wildman–Crippen MR) is 112 cm³/mol. The molecule has 2 N–H and O–H groups in total. The highest BCUT2D eigenvalue weighted by Gasteiger charge is 2.23. The van der Waals surface area contributed by atoms with Crippen molar-refractivity contribution >= 4 is 29.1 Å². The summed E-state index contributed by atoms with van der Waals surface area (Å²) in [5, 5.41) is 10.5. The van der Waals surface area contributed by atoms with E-state index >= 15 is 0 Å². The first-order valence-corrected chi connectivity index (χ1v) is 10.3. The zero-order valence-electron chi connectivity index (χ0n) is 16.7. The van der Waals surface area contributed by atoms with Gasteiger partial charge in [0.15, 0.2) is 0 Å². The largest absolute Gasteiger partial charge is 0.376 e. The number of carbonyl (C=O) groups excluding carboxylic acids is 2. The molecule has 1 aliphatic heterocycles. The summed E-state index contributed by atoms with van der Waals surface area (Å²) in [5.41, 5.74) is 1.06. The van der Waals surface area contributed by atoms with Crippen LogP contribution < -0.4 is 10.6 Å². The number of amides is 2. The Kier molecular flexibility index (Phi) is 7.28. The van der Waals surface area contributed by atoms with Gasteiger partial charge in [0.2, 0.25) is 5.91 Å². The molecule has 1 saturated heterocycles. The summed E-state index contributed by atoms with van der Waals surface area (Å²) >= 11 is 5.88. The molecule has 8 heteroatoms. The molecule has 1 fully saturated rings. The quantitative estimate of drug-likeness (QED) is 0.687. The number of benzene rings is 1. The van der Waals surface area contributed by atoms with E-state index in [1.54, 1.807) is 41.3 Å². The van der Waals surface area contributed by atoms with Crippen LogP contribution in [-0.4, -0.2) is 40.3 Å². The molecule has 7 nitrogen and oxygen atoms in total. The molecule has 1 aromatic carbocycles. The Morgan fingerprint density at radius 2 is 2.07 bits per heavy atom. The Morgan fingerprint density at radius 1 is 1.31 bits per heavy atom. The Morgan fingerprint density at radius 3 is 2.72 bits per heavy atom. The Balaban J connectivity index is 1.61. The molecule has 0 spiro atoms. The number of hydrogen-bond donors (Lipinski definition) is 2. The van der Waals surface area contributed by atoms with Crippen molar-refractivity contribution in [3.05, 3.63) is 47.2 Å². The maximum atomic E-state index is 12.8. The molecule has 0 aliphatic carbocycles. The van der Waals surface area contributed by atoms with E-state index in [9.17, 15) is 9.59 Å². The van der Waals surface area contributed by atoms with Gasteiger partial charge in [-0.25, -0.2) is 0 Å². The van der Waals surface area contributed by atoms with E-state index in [4.69, 9.17) is 16.3 Å². The van der Waals surface area contributed by atoms with Crippen molar-refractivity contribution in [2.75, 3.05) is 11.9 Å². The second-order valence-electron chi connectivity index (χ2n) is 7.74. The highest BCUT2D eigenvalue weighted by Crippen LogP contribution is 2.16. The molecule has 156 valence electrons. The van der Waals surface area contributed by atoms with Crippen LogP contribution in [0, 0.1) is 5.92 Å². The maximum Gasteiger partial charge on any atom is 0.251 e. The zero-order valence-corrected chi connectivity index (χ0v) is 17.5. The van der Waals surface area contributed by atoms with E-state index in [0.717, 1.165) is 19.4 Å². The van der Waals surface area contributed by atoms with Gasteiger partial charge in [-0.3, -0.25) is 14.3 Å². The van der Waals surface area contributed by atoms with E-state index in [2.05, 4.69) is 15.7 Å². The normalized spacial score (nSPS) is 17.3. The van der Waals surface area contributed by atoms with Gasteiger partial charge >= 0.3 is 0 Å². The van der Waals surface area contributed by atoms with Crippen molar-refractivity contribution in [2.45, 2.75) is 51.8 Å². The lowest BCUT2D eigenvalue weighted by atomic mass is 10.0. The first kappa shape index (κ1) is 21.3. The summed E-state index contributed by atoms with van der Waals surface area (Å²) in [5.74, 6) is -0.340. The van der Waals surface area contributed by atoms with Crippen LogP contribution in [0.1, 0.15) is 43.5 Å². The Bertz CT molecular complexity index is 829. The topological polar surface area (TPSA) is 85.3 Å². The van der Waals surface area contributed by atoms with Crippen LogP contribution in [0.4, 0.5) is 5.69 Å². The fourth-order valence-electron chi connectivity index (χ4n) is 3.30. The summed E-state index contributed by atoms with van der Waals surface area (Å²) in [6.07, 6.45) is 6.18. The minimum absolute atomic E-state index is 0.172. The van der Waals surface area contributed by atoms with Crippen molar-refractivity contribution < 1.29 is 14.3 Å². The Labute approximate surface area is 175 Å². The average molecular weight is 419 g/mol. The van der Waals surface area contributed by atoms with E-state index < -0.39 is 6.04 Å². The van der Waals surface area contributed by atoms with E-state index in [-0.39, 0.29) is 23.8 Å². The van der Waals surface area contributed by atoms with E-state index in [1.165, 1.54) is 0 Å². The number of halogens is 1. The smallest absolute Gasteiger partial charge is 0.251 e. The van der Waals surface area contributed by atoms with Crippen LogP contribution in [0.2, 0.25) is 5.02 Å². The van der Waals surface area contributed by atoms with Crippen molar-refractivity contribution in [2.24, 2.45) is 5.92 Å². The molecular weight excluding hydrogens is 392 g/mol. The molecule has 2 heterocycles. The van der Waals surface area contributed by atoms with Crippen LogP contribution >= 0.6 is 11.6 Å². The first-order valence-electron chi connectivity index (χ1n) is 9.92. The molecule has 0 radical (unpaired) electrons. The third-order valence-electron chi connectivity index (χ3n) is 4.75. The minimum Gasteiger partial charge on any atom is -0.376 e. The molecule has 3 rings (SSSR count). The van der Waals surface area contributed by atoms with Crippen molar-refractivity contribution in [1.29, 1.82) is 0 Å². The monoisotopic (exact) mass is 418 g/mol. The van der Waals surface area contributed by atoms with E-state index in [1.807, 2.05) is 13.8 Å². The molecule has 2 aromatic rings. The van der Waals surface area contributed by atoms with Crippen LogP contribution in [0.15, 0.2) is 36.7 Å². The fraction of sp³-hybridized carbons (Fsp3) is 0.476. The number of nitrogens with one attached hydrogen (secondary N) is 2. The van der Waals surface area contributed by atoms with Crippen molar-refractivity contribution in [3.8, 4) is 0 Å². The lowest BCUT2D eigenvalue weighted by molar-refractivity contribution is -0.118. The summed E-state index contributed by atoms with van der Waals surface area (Å²) in [6, 6.07) is 5.92. The molecule has 1 aliphatic rings. The van der Waals surface area contributed by atoms with Crippen LogP contribution in [0.5, 0.6) is 0 Å². The molecular formula is C21H27ClN4O3. The van der Waals surface area contributed by atoms with Crippen molar-refractivity contribution in [1.82, 2.24) is 15.1 Å². The molecule has 2 atom stereocenters. The summed E-state index contributed by atoms with van der Waals surface area (Å²) in [6.45, 7) is 5.47. The maximum absolute atomic E-state index is 12.8. The number of rotatable bonds is 8. The predicted octanol–water partition coefficient (Wildman–Crippen LogP) is 3.50. The second kappa shape index (κ2) is 9.89. The van der Waals surface area contributed by atoms with Gasteiger partial charge in [-0.2, -0.15) is 5.10 Å². The highest BCUT2D eigenvalue weighted by molar-refractivity contribution is 6.30. The molecule has 0 bridgehead atoms. The lowest BCUT2D eigenvalue weighted by Gasteiger charge is -2.20. The fourth-order valence-corrected chi connectivity index (χ4v) is 3.43. The van der Waals surface area contributed by atoms with Gasteiger partial charge in [-0.15, -0.1) is 0 Å². The molecule has 0 saturated carbocycles. The SMILES string of the molecule is CC(C)CC(NC(=O)c1ccc(Cl)cc1)C(=O)Nc1cnn(CC2CCCO2)c1. The summed E-state index contributed by atoms with van der Waals surface area (Å²) in [7, 11) is 0. The standard InChI is InChI=1S/C21H27ClN4O3/c1-14(2)10-19(25-20(27)15-5-7-16(22)8-6-15)21(28)24-17-11-23-26(12-17)13-18-4-3-9-29-18/h5-8,11-12,14,18-19H,3-4,9-10,13H2,1-2H3,(H,24,28)(H,25,27). The number of aromatic nitrogens is 2. The summed E-state index contributed by atoms with van der Waals surface area (Å²) < 4.78 is 7.39. The Hall–Kier alpha value is -2.38. The van der Waals surface area contributed by atoms with Crippen LogP contribution in [0.25, 0.3) is 0 Å². The molecule has 2 unspecified atom stereocenters. The number of nitrogens with zero attached hydrogens (tertiary/aromatic N) is 2. The van der Waals surface area contributed by atoms with Gasteiger partial charge in [0.1, 0.15) is 6.04 Å². The van der Waals surface area contributed by atoms with Crippen molar-refractivity contribution in [3.63, 3.8) is 0 Å². The van der Waals surface area contributed by atoms with Crippen LogP contribution in [-0.2, 0) is 16.1 Å². The minimum atomic E-state index is -0.653. The third kappa shape index (κ3) is 6.30. The van der Waals surface area contributed by atoms with Gasteiger partial charge in [0.25, 0.3) is 5.91 Å². The lowest BCUT2D eigenvalue weighted by Crippen LogP contribution is -2.44. The number of ether oxygens (including phenoxy) is 1. The van der Waals surface area contributed by atoms with Gasteiger partial charge in [0, 0.05) is 23.4 Å². The second-order valence-corrected chi connectivity index (χ2v) is 8.17. The third-order valence-corrected chi connectivity index (χ3v) is 5.00. The summed E-state index contributed by atoms with van der Waals surface area (Å²) in [4.78, 5) is 25.4. The molecule has 29 heavy (non-hydrogen) atoms. The van der Waals surface area contributed by atoms with Gasteiger partial charge in [0.05, 0.1) is 24.5 Å². The van der Waals surface area contributed by atoms with Gasteiger partial charge in [-0.1, -0.05) is 25.4 Å². The zero-order chi connectivity index (χ0) is 20.8. The average Bonchev–Trinajstić information content (AvgIpc) is 3.34. The first-order chi connectivity index (χ1) is 13.9.